The number of quaternary nitrogens is 1. The molecule has 31 nitrogen and oxygen atoms in total. The van der Waals surface area contributed by atoms with Crippen molar-refractivity contribution >= 4 is 90.3 Å². The van der Waals surface area contributed by atoms with E-state index in [0.717, 1.165) is 13.1 Å². The van der Waals surface area contributed by atoms with Gasteiger partial charge in [-0.2, -0.15) is 0 Å². The summed E-state index contributed by atoms with van der Waals surface area (Å²) in [6, 6.07) is 2.14. The van der Waals surface area contributed by atoms with E-state index in [0.29, 0.717) is 104 Å². The number of nitrogens with two attached hydrogens (primary N) is 6. The molecule has 0 amide bonds. The van der Waals surface area contributed by atoms with E-state index in [1.807, 2.05) is 6.26 Å². The van der Waals surface area contributed by atoms with Gasteiger partial charge in [0, 0.05) is 48.7 Å². The molecule has 0 aromatic carbocycles. The number of carboxylic acids is 3. The highest BCUT2D eigenvalue weighted by molar-refractivity contribution is 7.99. The molecule has 0 aliphatic carbocycles. The predicted molar refractivity (Wildman–Crippen MR) is 311 cm³/mol. The quantitative estimate of drug-likeness (QED) is 0.0181. The monoisotopic (exact) mass is 1220 g/mol. The number of pyridine rings is 3. The smallest absolute Gasteiger partial charge is 0.320 e. The van der Waals surface area contributed by atoms with Crippen molar-refractivity contribution in [3.05, 3.63) is 67.8 Å². The van der Waals surface area contributed by atoms with Crippen LogP contribution in [0.3, 0.4) is 0 Å². The number of aliphatic hydroxyl groups excluding tert-OH is 6. The van der Waals surface area contributed by atoms with Crippen LogP contribution in [0.5, 0.6) is 0 Å². The minimum Gasteiger partial charge on any atom is -0.480 e. The molecule has 0 saturated carbocycles. The summed E-state index contributed by atoms with van der Waals surface area (Å²) in [6.45, 7) is 6.57. The zero-order valence-electron chi connectivity index (χ0n) is 45.1. The number of ether oxygens (including phenoxy) is 3. The second kappa shape index (κ2) is 27.7. The van der Waals surface area contributed by atoms with Gasteiger partial charge >= 0.3 is 17.9 Å². The maximum atomic E-state index is 10.9. The van der Waals surface area contributed by atoms with Crippen molar-refractivity contribution in [1.82, 2.24) is 43.6 Å². The molecule has 4 aliphatic heterocycles. The second-order valence-corrected chi connectivity index (χ2v) is 25.4. The standard InChI is InChI=1S/C17H24N6O5.C17H23N5O5S.C16H23N5O5S.CH4/c18-9-1-3-20-15-12(9)21-8-22(15)16-14(25)13(24)11(28-16)7-23(5-6-23)4-2-10(19)17(26)27;1-2-28(6-4-10(19)17(25)26)7-11-13(23)14(24)16(27-11)22-8-21-12-9(18)3-5-20-15(12)22;1-27(5-3-9(18)16(24)25)6-10-12(22)13(23)15(26-10)21-7-20-11-8(17)2-4-19-14(11)21;/h1,3,8,10-11,13-14,16,24-25H,2,4-7,19H2,(H2-,18,20,26,27);2-3,5,8,10-11,13-14,16,23-24H,1,4,6-7,19H2,(H2-,18,20,25,26);2,4,7,9-10,12-13,15,22-23H,3,5-6,18H2,1H3,(H2-,17,19,24,25);1H4/p+3/t10?,11-,13?,14+,16-;10?,11-,13?,14+,16-,28?;9?,10-,12?,13+,15-,27?;/m111./s1. The molecule has 4 aliphatic rings. The molecule has 33 heteroatoms. The van der Waals surface area contributed by atoms with Crippen molar-refractivity contribution in [2.75, 3.05) is 72.6 Å². The van der Waals surface area contributed by atoms with Gasteiger partial charge in [-0.3, -0.25) is 28.1 Å². The van der Waals surface area contributed by atoms with Gasteiger partial charge in [0.1, 0.15) is 138 Å². The lowest BCUT2D eigenvalue weighted by atomic mass is 10.1. The van der Waals surface area contributed by atoms with Gasteiger partial charge in [-0.15, -0.1) is 0 Å². The number of nitrogen functional groups attached to an aromatic ring is 3. The summed E-state index contributed by atoms with van der Waals surface area (Å²) in [5, 5.41) is 91.3. The van der Waals surface area contributed by atoms with Crippen molar-refractivity contribution in [1.29, 1.82) is 0 Å². The van der Waals surface area contributed by atoms with Crippen molar-refractivity contribution in [2.24, 2.45) is 17.2 Å². The number of carboxylic acid groups (broad SMARTS) is 3. The van der Waals surface area contributed by atoms with E-state index in [1.54, 1.807) is 49.7 Å². The van der Waals surface area contributed by atoms with Gasteiger partial charge in [0.15, 0.2) is 35.6 Å². The second-order valence-electron chi connectivity index (χ2n) is 20.9. The molecular formula is C51H77N16O15S2+3. The molecule has 0 spiro atoms. The van der Waals surface area contributed by atoms with E-state index in [1.165, 1.54) is 25.2 Å². The first kappa shape index (κ1) is 65.1. The Hall–Kier alpha value is -6.41. The van der Waals surface area contributed by atoms with Crippen LogP contribution in [0.2, 0.25) is 0 Å². The molecule has 460 valence electrons. The van der Waals surface area contributed by atoms with Crippen molar-refractivity contribution < 1.29 is 79.0 Å². The lowest BCUT2D eigenvalue weighted by Gasteiger charge is -2.24. The molecule has 0 bridgehead atoms. The fourth-order valence-corrected chi connectivity index (χ4v) is 13.3. The van der Waals surface area contributed by atoms with Crippen LogP contribution in [0.1, 0.15) is 45.4 Å². The van der Waals surface area contributed by atoms with Crippen LogP contribution in [-0.2, 0) is 50.4 Å². The van der Waals surface area contributed by atoms with E-state index < -0.39 is 121 Å². The van der Waals surface area contributed by atoms with Crippen LogP contribution in [0.15, 0.2) is 67.8 Å². The van der Waals surface area contributed by atoms with E-state index in [2.05, 4.69) is 36.5 Å². The van der Waals surface area contributed by atoms with Gasteiger partial charge in [0.05, 0.1) is 48.8 Å². The molecule has 17 atom stereocenters. The maximum absolute atomic E-state index is 10.9. The third kappa shape index (κ3) is 14.5. The van der Waals surface area contributed by atoms with Crippen LogP contribution >= 0.6 is 0 Å². The summed E-state index contributed by atoms with van der Waals surface area (Å²) in [5.74, 6) is -1.11. The summed E-state index contributed by atoms with van der Waals surface area (Å²) in [6.07, 6.45) is 0.902. The average Bonchev–Trinajstić information content (AvgIpc) is 4.25. The Labute approximate surface area is 487 Å². The van der Waals surface area contributed by atoms with Gasteiger partial charge in [-0.25, -0.2) is 29.9 Å². The lowest BCUT2D eigenvalue weighted by Crippen LogP contribution is -2.44. The van der Waals surface area contributed by atoms with Crippen LogP contribution < -0.4 is 34.4 Å². The van der Waals surface area contributed by atoms with E-state index in [4.69, 9.17) is 63.9 Å². The Morgan fingerprint density at radius 2 is 0.952 bits per heavy atom. The van der Waals surface area contributed by atoms with Gasteiger partial charge < -0.3 is 99.1 Å². The Balaban J connectivity index is 0.000000180. The Kier molecular flexibility index (Phi) is 21.5. The van der Waals surface area contributed by atoms with Crippen molar-refractivity contribution in [3.63, 3.8) is 0 Å². The summed E-state index contributed by atoms with van der Waals surface area (Å²) in [7, 11) is -0.648. The third-order valence-electron chi connectivity index (χ3n) is 15.1. The largest absolute Gasteiger partial charge is 0.480 e. The molecule has 0 radical (unpaired) electrons. The first-order chi connectivity index (χ1) is 39.4. The van der Waals surface area contributed by atoms with E-state index >= 15 is 0 Å². The van der Waals surface area contributed by atoms with Crippen LogP contribution in [0, 0.1) is 0 Å². The number of hydrogen-bond donors (Lipinski definition) is 15. The van der Waals surface area contributed by atoms with Crippen LogP contribution in [0.4, 0.5) is 17.1 Å². The zero-order valence-corrected chi connectivity index (χ0v) is 46.8. The highest BCUT2D eigenvalue weighted by atomic mass is 32.2. The normalized spacial score (nSPS) is 27.8. The number of aliphatic carboxylic acids is 3. The molecule has 8 unspecified atom stereocenters. The Morgan fingerprint density at radius 1 is 0.595 bits per heavy atom. The molecule has 10 heterocycles. The molecule has 84 heavy (non-hydrogen) atoms. The Morgan fingerprint density at radius 3 is 1.33 bits per heavy atom. The summed E-state index contributed by atoms with van der Waals surface area (Å²) >= 11 is 0. The SMILES string of the molecule is C.C=C[S+](CCC(N)C(=O)O)C[C@H]1O[C@@H](n2cnc3c(N)ccnc32)[C@@H](O)C1O.C[S+](CCC(N)C(=O)O)C[C@H]1O[C@@H](n2cnc3c(N)ccnc32)[C@@H](O)C1O.Nc1ccnc2c1ncn2[C@@H]1O[C@H](C[N+]2(CCC(N)C(=O)O)CC2)C(O)[C@@H]1O. The van der Waals surface area contributed by atoms with Gasteiger partial charge in [-0.1, -0.05) is 14.0 Å². The molecule has 6 aromatic rings. The van der Waals surface area contributed by atoms with Gasteiger partial charge in [0.2, 0.25) is 0 Å². The van der Waals surface area contributed by atoms with E-state index in [-0.39, 0.29) is 24.7 Å². The number of aromatic nitrogens is 9. The topological polar surface area (TPSA) is 509 Å². The minimum atomic E-state index is -1.18. The first-order valence-corrected chi connectivity index (χ1v) is 30.0. The van der Waals surface area contributed by atoms with Gasteiger partial charge in [0.25, 0.3) is 0 Å². The fourth-order valence-electron chi connectivity index (χ4n) is 9.94. The average molecular weight is 1220 g/mol. The van der Waals surface area contributed by atoms with Crippen LogP contribution in [0.25, 0.3) is 33.5 Å². The number of anilines is 3. The highest BCUT2D eigenvalue weighted by Gasteiger charge is 2.53. The number of aliphatic hydroxyl groups is 6. The van der Waals surface area contributed by atoms with E-state index in [9.17, 15) is 45.0 Å². The number of fused-ring (bicyclic) bond motifs is 3. The molecule has 21 N–H and O–H groups in total. The summed E-state index contributed by atoms with van der Waals surface area (Å²) < 4.78 is 23.1. The molecule has 4 saturated heterocycles. The van der Waals surface area contributed by atoms with Crippen molar-refractivity contribution in [2.45, 2.75) is 118 Å². The van der Waals surface area contributed by atoms with Gasteiger partial charge in [-0.05, 0) is 29.1 Å². The Bertz CT molecular complexity index is 3230. The summed E-state index contributed by atoms with van der Waals surface area (Å²) in [4.78, 5) is 58.0. The number of carbonyl (C=O) groups is 3. The third-order valence-corrected chi connectivity index (χ3v) is 18.9. The molecular weight excluding hydrogens is 1140 g/mol. The lowest BCUT2D eigenvalue weighted by molar-refractivity contribution is -0.804. The number of rotatable bonds is 22. The number of nitrogens with zero attached hydrogens (tertiary/aromatic N) is 10. The fraction of sp³-hybridized carbons (Fsp3) is 0.549. The molecule has 10 rings (SSSR count). The highest BCUT2D eigenvalue weighted by Crippen LogP contribution is 2.37. The number of imidazole rings is 3. The molecule has 6 aromatic heterocycles. The number of hydrogen-bond acceptors (Lipinski definition) is 24. The predicted octanol–water partition coefficient (Wildman–Crippen LogP) is -3.22. The minimum absolute atomic E-state index is 0. The molecule has 4 fully saturated rings. The zero-order chi connectivity index (χ0) is 60.2. The maximum Gasteiger partial charge on any atom is 0.320 e. The first-order valence-electron chi connectivity index (χ1n) is 26.4. The van der Waals surface area contributed by atoms with Crippen LogP contribution in [-0.4, -0.2) is 240 Å². The summed E-state index contributed by atoms with van der Waals surface area (Å²) in [5.41, 5.74) is 38.6. The van der Waals surface area contributed by atoms with Crippen molar-refractivity contribution in [3.8, 4) is 0 Å².